The van der Waals surface area contributed by atoms with E-state index in [1.807, 2.05) is 18.2 Å². The Labute approximate surface area is 125 Å². The minimum atomic E-state index is 0.567. The molecule has 0 spiro atoms. The van der Waals surface area contributed by atoms with E-state index >= 15 is 0 Å². The predicted molar refractivity (Wildman–Crippen MR) is 88.2 cm³/mol. The lowest BCUT2D eigenvalue weighted by molar-refractivity contribution is 0.595. The van der Waals surface area contributed by atoms with Gasteiger partial charge >= 0.3 is 0 Å². The summed E-state index contributed by atoms with van der Waals surface area (Å²) in [5.41, 5.74) is 10.2. The summed E-state index contributed by atoms with van der Waals surface area (Å²) < 4.78 is 2.29. The van der Waals surface area contributed by atoms with E-state index in [1.54, 1.807) is 0 Å². The molecule has 1 heterocycles. The normalized spacial score (nSPS) is 11.4. The highest BCUT2D eigenvalue weighted by Crippen LogP contribution is 2.24. The van der Waals surface area contributed by atoms with E-state index < -0.39 is 0 Å². The third-order valence-corrected chi connectivity index (χ3v) is 3.66. The average Bonchev–Trinajstić information content (AvgIpc) is 2.79. The maximum Gasteiger partial charge on any atom is 0.112 e. The molecule has 0 fully saturated rings. The Bertz CT molecular complexity index is 742. The van der Waals surface area contributed by atoms with Crippen LogP contribution in [0.3, 0.4) is 0 Å². The third-order valence-electron chi connectivity index (χ3n) is 3.66. The molecular weight excluding hydrogens is 258 g/mol. The molecule has 3 nitrogen and oxygen atoms in total. The Balaban J connectivity index is 2.11. The van der Waals surface area contributed by atoms with Crippen LogP contribution in [0.15, 0.2) is 48.5 Å². The number of nitrogens with zero attached hydrogens (tertiary/aromatic N) is 2. The molecule has 0 bridgehead atoms. The number of aromatic nitrogens is 2. The molecule has 0 aliphatic carbocycles. The molecule has 0 atom stereocenters. The van der Waals surface area contributed by atoms with Crippen LogP contribution in [-0.4, -0.2) is 9.55 Å². The molecule has 0 amide bonds. The van der Waals surface area contributed by atoms with Gasteiger partial charge in [-0.25, -0.2) is 4.98 Å². The zero-order valence-electron chi connectivity index (χ0n) is 12.6. The van der Waals surface area contributed by atoms with E-state index in [9.17, 15) is 0 Å². The molecule has 2 aromatic carbocycles. The zero-order chi connectivity index (χ0) is 14.8. The number of nitrogen functional groups attached to an aromatic ring is 1. The highest BCUT2D eigenvalue weighted by Gasteiger charge is 2.13. The average molecular weight is 279 g/mol. The van der Waals surface area contributed by atoms with Gasteiger partial charge in [0.25, 0.3) is 0 Å². The molecule has 0 radical (unpaired) electrons. The van der Waals surface area contributed by atoms with Crippen molar-refractivity contribution in [3.8, 4) is 0 Å². The highest BCUT2D eigenvalue weighted by atomic mass is 15.1. The molecule has 0 aliphatic rings. The van der Waals surface area contributed by atoms with Gasteiger partial charge in [-0.1, -0.05) is 50.2 Å². The Morgan fingerprint density at radius 1 is 1.05 bits per heavy atom. The van der Waals surface area contributed by atoms with E-state index in [-0.39, 0.29) is 0 Å². The Kier molecular flexibility index (Phi) is 3.65. The maximum absolute atomic E-state index is 6.09. The quantitative estimate of drug-likeness (QED) is 0.737. The molecule has 0 unspecified atom stereocenters. The summed E-state index contributed by atoms with van der Waals surface area (Å²) in [5.74, 6) is 1.68. The number of para-hydroxylation sites is 1. The van der Waals surface area contributed by atoms with Crippen molar-refractivity contribution in [3.05, 3.63) is 59.9 Å². The van der Waals surface area contributed by atoms with Crippen molar-refractivity contribution in [1.82, 2.24) is 9.55 Å². The van der Waals surface area contributed by atoms with Crippen LogP contribution in [0.1, 0.15) is 25.2 Å². The number of rotatable bonds is 4. The molecule has 3 rings (SSSR count). The fourth-order valence-corrected chi connectivity index (χ4v) is 2.68. The van der Waals surface area contributed by atoms with Gasteiger partial charge in [-0.3, -0.25) is 0 Å². The molecule has 0 saturated carbocycles. The van der Waals surface area contributed by atoms with Gasteiger partial charge in [-0.15, -0.1) is 0 Å². The summed E-state index contributed by atoms with van der Waals surface area (Å²) >= 11 is 0. The number of benzene rings is 2. The van der Waals surface area contributed by atoms with Crippen molar-refractivity contribution in [2.24, 2.45) is 5.92 Å². The van der Waals surface area contributed by atoms with Crippen molar-refractivity contribution >= 4 is 16.7 Å². The van der Waals surface area contributed by atoms with Gasteiger partial charge in [0, 0.05) is 13.0 Å². The van der Waals surface area contributed by atoms with Gasteiger partial charge < -0.3 is 10.3 Å². The van der Waals surface area contributed by atoms with Crippen molar-refractivity contribution < 1.29 is 0 Å². The molecule has 108 valence electrons. The topological polar surface area (TPSA) is 43.8 Å². The summed E-state index contributed by atoms with van der Waals surface area (Å²) in [7, 11) is 0. The number of nitrogens with two attached hydrogens (primary N) is 1. The summed E-state index contributed by atoms with van der Waals surface area (Å²) in [5, 5.41) is 0. The van der Waals surface area contributed by atoms with Gasteiger partial charge in [0.1, 0.15) is 11.3 Å². The minimum absolute atomic E-state index is 0.567. The van der Waals surface area contributed by atoms with Gasteiger partial charge in [-0.2, -0.15) is 0 Å². The van der Waals surface area contributed by atoms with Crippen LogP contribution in [0.25, 0.3) is 11.0 Å². The fraction of sp³-hybridized carbons (Fsp3) is 0.278. The fourth-order valence-electron chi connectivity index (χ4n) is 2.68. The van der Waals surface area contributed by atoms with Crippen LogP contribution >= 0.6 is 0 Å². The van der Waals surface area contributed by atoms with Crippen LogP contribution in [0.2, 0.25) is 0 Å². The molecule has 1 aromatic heterocycles. The first-order valence-corrected chi connectivity index (χ1v) is 7.42. The minimum Gasteiger partial charge on any atom is -0.397 e. The molecule has 21 heavy (non-hydrogen) atoms. The summed E-state index contributed by atoms with van der Waals surface area (Å²) in [4.78, 5) is 4.79. The smallest absolute Gasteiger partial charge is 0.112 e. The molecule has 2 N–H and O–H groups in total. The summed E-state index contributed by atoms with van der Waals surface area (Å²) in [6, 6.07) is 16.5. The Morgan fingerprint density at radius 2 is 1.81 bits per heavy atom. The molecule has 3 aromatic rings. The van der Waals surface area contributed by atoms with E-state index in [0.29, 0.717) is 5.92 Å². The van der Waals surface area contributed by atoms with Crippen LogP contribution in [0.5, 0.6) is 0 Å². The van der Waals surface area contributed by atoms with Crippen LogP contribution < -0.4 is 5.73 Å². The predicted octanol–water partition coefficient (Wildman–Crippen LogP) is 3.87. The summed E-state index contributed by atoms with van der Waals surface area (Å²) in [6.07, 6.45) is 0.959. The van der Waals surface area contributed by atoms with Crippen molar-refractivity contribution in [2.75, 3.05) is 5.73 Å². The van der Waals surface area contributed by atoms with E-state index in [4.69, 9.17) is 10.7 Å². The SMILES string of the molecule is CC(C)Cc1nc2c(N)cccc2n1Cc1ccccc1. The number of imidazole rings is 1. The first-order valence-electron chi connectivity index (χ1n) is 7.42. The molecule has 3 heteroatoms. The second-order valence-corrected chi connectivity index (χ2v) is 5.91. The lowest BCUT2D eigenvalue weighted by Crippen LogP contribution is -2.08. The second-order valence-electron chi connectivity index (χ2n) is 5.91. The lowest BCUT2D eigenvalue weighted by atomic mass is 10.1. The summed E-state index contributed by atoms with van der Waals surface area (Å²) in [6.45, 7) is 5.27. The van der Waals surface area contributed by atoms with Gasteiger partial charge in [0.2, 0.25) is 0 Å². The van der Waals surface area contributed by atoms with Crippen LogP contribution in [-0.2, 0) is 13.0 Å². The van der Waals surface area contributed by atoms with E-state index in [0.717, 1.165) is 35.5 Å². The number of anilines is 1. The third kappa shape index (κ3) is 2.77. The largest absolute Gasteiger partial charge is 0.397 e. The maximum atomic E-state index is 6.09. The number of fused-ring (bicyclic) bond motifs is 1. The van der Waals surface area contributed by atoms with Crippen LogP contribution in [0.4, 0.5) is 5.69 Å². The highest BCUT2D eigenvalue weighted by molar-refractivity contribution is 5.87. The van der Waals surface area contributed by atoms with Gasteiger partial charge in [-0.05, 0) is 23.6 Å². The van der Waals surface area contributed by atoms with Gasteiger partial charge in [0.15, 0.2) is 0 Å². The van der Waals surface area contributed by atoms with Crippen molar-refractivity contribution in [3.63, 3.8) is 0 Å². The second kappa shape index (κ2) is 5.60. The lowest BCUT2D eigenvalue weighted by Gasteiger charge is -2.11. The van der Waals surface area contributed by atoms with Crippen molar-refractivity contribution in [2.45, 2.75) is 26.8 Å². The van der Waals surface area contributed by atoms with E-state index in [1.165, 1.54) is 5.56 Å². The standard InChI is InChI=1S/C18H21N3/c1-13(2)11-17-20-18-15(19)9-6-10-16(18)21(17)12-14-7-4-3-5-8-14/h3-10,13H,11-12,19H2,1-2H3. The van der Waals surface area contributed by atoms with Crippen molar-refractivity contribution in [1.29, 1.82) is 0 Å². The van der Waals surface area contributed by atoms with Crippen LogP contribution in [0, 0.1) is 5.92 Å². The zero-order valence-corrected chi connectivity index (χ0v) is 12.6. The number of hydrogen-bond acceptors (Lipinski definition) is 2. The first-order chi connectivity index (χ1) is 10.1. The monoisotopic (exact) mass is 279 g/mol. The molecule has 0 aliphatic heterocycles. The Morgan fingerprint density at radius 3 is 2.52 bits per heavy atom. The molecular formula is C18H21N3. The van der Waals surface area contributed by atoms with E-state index in [2.05, 4.69) is 48.7 Å². The van der Waals surface area contributed by atoms with Gasteiger partial charge in [0.05, 0.1) is 11.2 Å². The first kappa shape index (κ1) is 13.7. The Hall–Kier alpha value is -2.29. The molecule has 0 saturated heterocycles. The number of hydrogen-bond donors (Lipinski definition) is 1.